The topological polar surface area (TPSA) is 18.8 Å². The van der Waals surface area contributed by atoms with E-state index in [1.54, 1.807) is 0 Å². The molecule has 0 heterocycles. The van der Waals surface area contributed by atoms with Crippen molar-refractivity contribution in [2.24, 2.45) is 4.99 Å². The van der Waals surface area contributed by atoms with E-state index in [2.05, 4.69) is 133 Å². The highest BCUT2D eigenvalue weighted by molar-refractivity contribution is 5.81. The second-order valence-corrected chi connectivity index (χ2v) is 11.2. The lowest BCUT2D eigenvalue weighted by Gasteiger charge is -2.28. The van der Waals surface area contributed by atoms with Crippen LogP contribution in [0.25, 0.3) is 0 Å². The minimum atomic E-state index is 0.102. The monoisotopic (exact) mass is 501 g/mol. The highest BCUT2D eigenvalue weighted by Crippen LogP contribution is 2.30. The van der Waals surface area contributed by atoms with Crippen molar-refractivity contribution in [2.75, 3.05) is 25.5 Å². The number of likely N-dealkylation sites (N-methyl/N-ethyl adjacent to an activating group) is 1. The van der Waals surface area contributed by atoms with Gasteiger partial charge >= 0.3 is 0 Å². The molecular weight excluding hydrogens is 450 g/mol. The average Bonchev–Trinajstić information content (AvgIpc) is 2.89. The Morgan fingerprint density at radius 3 is 2.32 bits per heavy atom. The van der Waals surface area contributed by atoms with Crippen LogP contribution in [-0.4, -0.2) is 31.8 Å². The molecule has 2 aromatic rings. The highest BCUT2D eigenvalue weighted by Gasteiger charge is 2.17. The molecule has 0 radical (unpaired) electrons. The lowest BCUT2D eigenvalue weighted by atomic mass is 9.86. The van der Waals surface area contributed by atoms with Gasteiger partial charge in [0.1, 0.15) is 0 Å². The van der Waals surface area contributed by atoms with Crippen molar-refractivity contribution in [3.05, 3.63) is 88.9 Å². The highest BCUT2D eigenvalue weighted by atomic mass is 15.2. The van der Waals surface area contributed by atoms with Gasteiger partial charge in [0.25, 0.3) is 0 Å². The number of hydrogen-bond acceptors (Lipinski definition) is 3. The number of nitrogens with zero attached hydrogens (tertiary/aromatic N) is 3. The Kier molecular flexibility index (Phi) is 12.2. The second kappa shape index (κ2) is 14.8. The van der Waals surface area contributed by atoms with Crippen molar-refractivity contribution in [1.82, 2.24) is 4.90 Å². The summed E-state index contributed by atoms with van der Waals surface area (Å²) in [6, 6.07) is 17.8. The Bertz CT molecular complexity index is 1050. The Morgan fingerprint density at radius 1 is 0.973 bits per heavy atom. The SMILES string of the molecule is C\C=C/C(=C(\N=C\c1cccc(C(C)(C)C)c1)N(C)c1cccc(C(CC)CCC)c1)N(C)CCCC. The molecule has 37 heavy (non-hydrogen) atoms. The standard InChI is InChI=1S/C34H51N3/c1-10-14-23-36(8)32(18-12-3)33(35-26-27-19-15-21-30(24-27)34(5,6)7)37(9)31-22-16-20-29(25-31)28(13-4)17-11-2/h12,15-16,18-22,24-26,28H,10-11,13-14,17,23H2,1-9H3/b18-12-,33-32-,35-26+. The Labute approximate surface area is 228 Å². The van der Waals surface area contributed by atoms with Crippen LogP contribution in [0.1, 0.15) is 103 Å². The van der Waals surface area contributed by atoms with Gasteiger partial charge in [-0.1, -0.05) is 90.8 Å². The number of aliphatic imine (C=N–C) groups is 1. The number of allylic oxidation sites excluding steroid dienone is 2. The molecule has 0 aliphatic heterocycles. The van der Waals surface area contributed by atoms with Crippen molar-refractivity contribution in [2.45, 2.75) is 91.9 Å². The first-order valence-electron chi connectivity index (χ1n) is 14.2. The van der Waals surface area contributed by atoms with Crippen LogP contribution >= 0.6 is 0 Å². The molecule has 0 fully saturated rings. The zero-order valence-electron chi connectivity index (χ0n) is 25.0. The van der Waals surface area contributed by atoms with Gasteiger partial charge in [0.2, 0.25) is 0 Å². The zero-order chi connectivity index (χ0) is 27.4. The largest absolute Gasteiger partial charge is 0.372 e. The average molecular weight is 502 g/mol. The summed E-state index contributed by atoms with van der Waals surface area (Å²) in [7, 11) is 4.33. The molecule has 1 unspecified atom stereocenters. The van der Waals surface area contributed by atoms with Crippen molar-refractivity contribution >= 4 is 11.9 Å². The van der Waals surface area contributed by atoms with E-state index in [0.717, 1.165) is 36.5 Å². The van der Waals surface area contributed by atoms with Gasteiger partial charge in [-0.2, -0.15) is 0 Å². The third kappa shape index (κ3) is 8.91. The first kappa shape index (κ1) is 30.4. The lowest BCUT2D eigenvalue weighted by Crippen LogP contribution is -2.25. The molecule has 3 heteroatoms. The molecule has 2 aromatic carbocycles. The smallest absolute Gasteiger partial charge is 0.156 e. The van der Waals surface area contributed by atoms with Gasteiger partial charge in [0.05, 0.1) is 5.70 Å². The first-order chi connectivity index (χ1) is 17.7. The Hall–Kier alpha value is -2.81. The van der Waals surface area contributed by atoms with Crippen LogP contribution in [0.2, 0.25) is 0 Å². The van der Waals surface area contributed by atoms with E-state index >= 15 is 0 Å². The summed E-state index contributed by atoms with van der Waals surface area (Å²) in [5, 5.41) is 0. The molecule has 1 atom stereocenters. The molecule has 2 rings (SSSR count). The maximum atomic E-state index is 5.16. The molecule has 0 amide bonds. The van der Waals surface area contributed by atoms with E-state index in [9.17, 15) is 0 Å². The third-order valence-corrected chi connectivity index (χ3v) is 7.08. The maximum Gasteiger partial charge on any atom is 0.156 e. The van der Waals surface area contributed by atoms with Crippen LogP contribution in [0.15, 0.2) is 77.2 Å². The molecule has 0 aliphatic carbocycles. The number of anilines is 1. The summed E-state index contributed by atoms with van der Waals surface area (Å²) in [4.78, 5) is 9.76. The number of benzene rings is 2. The Balaban J connectivity index is 2.61. The van der Waals surface area contributed by atoms with Gasteiger partial charge in [0.15, 0.2) is 5.82 Å². The number of rotatable bonds is 13. The molecule has 0 aliphatic rings. The third-order valence-electron chi connectivity index (χ3n) is 7.08. The van der Waals surface area contributed by atoms with Gasteiger partial charge in [-0.25, -0.2) is 4.99 Å². The minimum Gasteiger partial charge on any atom is -0.372 e. The number of unbranched alkanes of at least 4 members (excludes halogenated alkanes) is 1. The lowest BCUT2D eigenvalue weighted by molar-refractivity contribution is 0.412. The van der Waals surface area contributed by atoms with E-state index in [1.807, 2.05) is 6.21 Å². The van der Waals surface area contributed by atoms with Crippen LogP contribution in [-0.2, 0) is 5.41 Å². The van der Waals surface area contributed by atoms with Crippen molar-refractivity contribution in [3.8, 4) is 0 Å². The van der Waals surface area contributed by atoms with Gasteiger partial charge in [-0.15, -0.1) is 0 Å². The normalized spacial score (nSPS) is 13.8. The zero-order valence-corrected chi connectivity index (χ0v) is 25.0. The fourth-order valence-electron chi connectivity index (χ4n) is 4.66. The molecule has 0 bridgehead atoms. The van der Waals surface area contributed by atoms with Gasteiger partial charge in [0, 0.05) is 32.5 Å². The fraction of sp³-hybridized carbons (Fsp3) is 0.500. The van der Waals surface area contributed by atoms with Gasteiger partial charge < -0.3 is 9.80 Å². The van der Waals surface area contributed by atoms with Crippen LogP contribution in [0, 0.1) is 0 Å². The van der Waals surface area contributed by atoms with Crippen molar-refractivity contribution in [1.29, 1.82) is 0 Å². The summed E-state index contributed by atoms with van der Waals surface area (Å²) < 4.78 is 0. The summed E-state index contributed by atoms with van der Waals surface area (Å²) in [5.41, 5.74) is 6.27. The van der Waals surface area contributed by atoms with Crippen LogP contribution in [0.5, 0.6) is 0 Å². The van der Waals surface area contributed by atoms with Gasteiger partial charge in [-0.3, -0.25) is 0 Å². The fourth-order valence-corrected chi connectivity index (χ4v) is 4.66. The summed E-state index contributed by atoms with van der Waals surface area (Å²) >= 11 is 0. The molecule has 202 valence electrons. The minimum absolute atomic E-state index is 0.102. The van der Waals surface area contributed by atoms with Gasteiger partial charge in [-0.05, 0) is 78.5 Å². The summed E-state index contributed by atoms with van der Waals surface area (Å²) in [6.07, 6.45) is 12.2. The number of hydrogen-bond donors (Lipinski definition) is 0. The molecule has 0 spiro atoms. The molecule has 0 aromatic heterocycles. The molecule has 0 saturated heterocycles. The quantitative estimate of drug-likeness (QED) is 0.201. The van der Waals surface area contributed by atoms with Crippen molar-refractivity contribution in [3.63, 3.8) is 0 Å². The maximum absolute atomic E-state index is 5.16. The predicted molar refractivity (Wildman–Crippen MR) is 165 cm³/mol. The van der Waals surface area contributed by atoms with Crippen molar-refractivity contribution < 1.29 is 0 Å². The van der Waals surface area contributed by atoms with Crippen LogP contribution in [0.3, 0.4) is 0 Å². The second-order valence-electron chi connectivity index (χ2n) is 11.2. The van der Waals surface area contributed by atoms with E-state index in [1.165, 1.54) is 36.1 Å². The van der Waals surface area contributed by atoms with E-state index in [-0.39, 0.29) is 5.41 Å². The molecule has 0 N–H and O–H groups in total. The van der Waals surface area contributed by atoms with E-state index in [4.69, 9.17) is 4.99 Å². The first-order valence-corrected chi connectivity index (χ1v) is 14.2. The molecule has 0 saturated carbocycles. The van der Waals surface area contributed by atoms with E-state index in [0.29, 0.717) is 5.92 Å². The molecule has 3 nitrogen and oxygen atoms in total. The van der Waals surface area contributed by atoms with Crippen LogP contribution in [0.4, 0.5) is 5.69 Å². The molecular formula is C34H51N3. The van der Waals surface area contributed by atoms with Crippen LogP contribution < -0.4 is 4.90 Å². The van der Waals surface area contributed by atoms with E-state index < -0.39 is 0 Å². The summed E-state index contributed by atoms with van der Waals surface area (Å²) in [5.74, 6) is 1.55. The Morgan fingerprint density at radius 2 is 1.70 bits per heavy atom. The predicted octanol–water partition coefficient (Wildman–Crippen LogP) is 9.31. The summed E-state index contributed by atoms with van der Waals surface area (Å²) in [6.45, 7) is 16.7.